The summed E-state index contributed by atoms with van der Waals surface area (Å²) in [7, 11) is -1.15. The summed E-state index contributed by atoms with van der Waals surface area (Å²) in [4.78, 5) is 8.59. The molecule has 3 aromatic carbocycles. The van der Waals surface area contributed by atoms with Crippen molar-refractivity contribution < 1.29 is 9.16 Å². The lowest BCUT2D eigenvalue weighted by Crippen LogP contribution is -2.67. The van der Waals surface area contributed by atoms with Crippen molar-refractivity contribution in [2.24, 2.45) is 5.41 Å². The molecule has 0 radical (unpaired) electrons. The number of hydrogen-bond donors (Lipinski definition) is 1. The van der Waals surface area contributed by atoms with Crippen molar-refractivity contribution in [3.63, 3.8) is 0 Å². The number of fused-ring (bicyclic) bond motifs is 1. The molecule has 2 aromatic heterocycles. The number of rotatable bonds is 8. The molecular formula is C37H44N2O2Si. The van der Waals surface area contributed by atoms with Crippen LogP contribution in [0.25, 0.3) is 22.2 Å². The number of pyridine rings is 1. The Morgan fingerprint density at radius 1 is 0.738 bits per heavy atom. The predicted molar refractivity (Wildman–Crippen MR) is 178 cm³/mol. The second-order valence-corrected chi connectivity index (χ2v) is 17.6. The van der Waals surface area contributed by atoms with Gasteiger partial charge in [0.25, 0.3) is 8.32 Å². The van der Waals surface area contributed by atoms with Crippen molar-refractivity contribution >= 4 is 29.6 Å². The van der Waals surface area contributed by atoms with Gasteiger partial charge in [0.15, 0.2) is 0 Å². The number of para-hydroxylation sites is 1. The molecule has 0 aliphatic carbocycles. The van der Waals surface area contributed by atoms with E-state index in [4.69, 9.17) is 14.1 Å². The third-order valence-corrected chi connectivity index (χ3v) is 13.3. The summed E-state index contributed by atoms with van der Waals surface area (Å²) >= 11 is 0. The van der Waals surface area contributed by atoms with Gasteiger partial charge < -0.3 is 14.1 Å². The lowest BCUT2D eigenvalue weighted by molar-refractivity contribution is 0.0785. The van der Waals surface area contributed by atoms with Gasteiger partial charge in [0, 0.05) is 35.3 Å². The number of benzene rings is 3. The highest BCUT2D eigenvalue weighted by Crippen LogP contribution is 2.49. The molecule has 0 aliphatic rings. The van der Waals surface area contributed by atoms with Gasteiger partial charge in [0.2, 0.25) is 0 Å². The molecule has 5 heteroatoms. The molecule has 0 amide bonds. The molecule has 218 valence electrons. The van der Waals surface area contributed by atoms with E-state index in [9.17, 15) is 0 Å². The van der Waals surface area contributed by atoms with Crippen molar-refractivity contribution in [3.05, 3.63) is 115 Å². The summed E-state index contributed by atoms with van der Waals surface area (Å²) in [6, 6.07) is 34.6. The van der Waals surface area contributed by atoms with Crippen LogP contribution in [0.4, 0.5) is 0 Å². The highest BCUT2D eigenvalue weighted by molar-refractivity contribution is 6.99. The Bertz CT molecular complexity index is 1590. The van der Waals surface area contributed by atoms with Crippen LogP contribution in [-0.2, 0) is 9.16 Å². The maximum atomic E-state index is 7.95. The molecule has 0 aliphatic heterocycles. The minimum absolute atomic E-state index is 0.157. The Hall–Kier alpha value is -3.51. The van der Waals surface area contributed by atoms with Crippen LogP contribution in [0.1, 0.15) is 71.9 Å². The number of nitrogens with zero attached hydrogens (tertiary/aromatic N) is 1. The molecule has 4 nitrogen and oxygen atoms in total. The molecule has 5 rings (SSSR count). The zero-order chi connectivity index (χ0) is 30.1. The van der Waals surface area contributed by atoms with Gasteiger partial charge >= 0.3 is 0 Å². The summed E-state index contributed by atoms with van der Waals surface area (Å²) in [6.07, 6.45) is 1.45. The van der Waals surface area contributed by atoms with E-state index in [1.54, 1.807) is 7.11 Å². The summed E-state index contributed by atoms with van der Waals surface area (Å²) in [5.41, 5.74) is 5.01. The zero-order valence-corrected chi connectivity index (χ0v) is 27.2. The molecule has 5 aromatic rings. The Balaban J connectivity index is 1.85. The molecule has 0 saturated heterocycles. The van der Waals surface area contributed by atoms with E-state index in [-0.39, 0.29) is 22.7 Å². The second kappa shape index (κ2) is 11.6. The topological polar surface area (TPSA) is 47.1 Å². The van der Waals surface area contributed by atoms with E-state index in [1.165, 1.54) is 21.3 Å². The quantitative estimate of drug-likeness (QED) is 0.188. The van der Waals surface area contributed by atoms with Crippen LogP contribution in [0, 0.1) is 5.41 Å². The first-order valence-corrected chi connectivity index (χ1v) is 16.8. The van der Waals surface area contributed by atoms with Gasteiger partial charge in [-0.2, -0.15) is 0 Å². The van der Waals surface area contributed by atoms with Gasteiger partial charge in [-0.15, -0.1) is 0 Å². The molecule has 0 saturated carbocycles. The highest BCUT2D eigenvalue weighted by atomic mass is 28.4. The highest BCUT2D eigenvalue weighted by Gasteiger charge is 2.53. The van der Waals surface area contributed by atoms with Crippen molar-refractivity contribution in [2.75, 3.05) is 7.11 Å². The average Bonchev–Trinajstić information content (AvgIpc) is 3.36. The molecular weight excluding hydrogens is 533 g/mol. The summed E-state index contributed by atoms with van der Waals surface area (Å²) in [5, 5.41) is 3.56. The standard InChI is InChI=1S/C37H44N2O2Si/c1-26(40-8)33-30(23-17-25-38-33)34-32(29-22-15-16-24-31(29)39-34)35(36(2,3)4)41-42(37(5,6)7,27-18-11-9-12-19-27)28-20-13-10-14-21-28/h9-26,35,39H,1-8H3/t26-,35?/m0/s1. The van der Waals surface area contributed by atoms with Crippen molar-refractivity contribution in [1.29, 1.82) is 0 Å². The van der Waals surface area contributed by atoms with Crippen LogP contribution in [0.5, 0.6) is 0 Å². The van der Waals surface area contributed by atoms with Gasteiger partial charge in [-0.25, -0.2) is 0 Å². The third-order valence-electron chi connectivity index (χ3n) is 8.35. The van der Waals surface area contributed by atoms with E-state index >= 15 is 0 Å². The van der Waals surface area contributed by atoms with E-state index < -0.39 is 8.32 Å². The Kier molecular flexibility index (Phi) is 8.30. The van der Waals surface area contributed by atoms with Crippen LogP contribution in [-0.4, -0.2) is 25.4 Å². The smallest absolute Gasteiger partial charge is 0.261 e. The van der Waals surface area contributed by atoms with Crippen LogP contribution in [0.15, 0.2) is 103 Å². The Morgan fingerprint density at radius 3 is 1.86 bits per heavy atom. The predicted octanol–water partition coefficient (Wildman–Crippen LogP) is 8.60. The maximum Gasteiger partial charge on any atom is 0.261 e. The maximum absolute atomic E-state index is 7.95. The lowest BCUT2D eigenvalue weighted by Gasteiger charge is -2.48. The van der Waals surface area contributed by atoms with Crippen LogP contribution in [0.2, 0.25) is 5.04 Å². The molecule has 42 heavy (non-hydrogen) atoms. The average molecular weight is 577 g/mol. The van der Waals surface area contributed by atoms with E-state index in [0.717, 1.165) is 22.5 Å². The summed E-state index contributed by atoms with van der Waals surface area (Å²) < 4.78 is 13.7. The van der Waals surface area contributed by atoms with Gasteiger partial charge in [-0.05, 0) is 45.9 Å². The number of aromatic amines is 1. The first-order chi connectivity index (χ1) is 20.0. The number of methoxy groups -OCH3 is 1. The Morgan fingerprint density at radius 2 is 1.31 bits per heavy atom. The van der Waals surface area contributed by atoms with Crippen molar-refractivity contribution in [1.82, 2.24) is 9.97 Å². The zero-order valence-electron chi connectivity index (χ0n) is 26.2. The van der Waals surface area contributed by atoms with E-state index in [2.05, 4.69) is 138 Å². The fraction of sp³-hybridized carbons (Fsp3) is 0.324. The summed E-state index contributed by atoms with van der Waals surface area (Å²) in [6.45, 7) is 16.0. The van der Waals surface area contributed by atoms with E-state index in [0.29, 0.717) is 0 Å². The number of aromatic nitrogens is 2. The van der Waals surface area contributed by atoms with Gasteiger partial charge in [-0.3, -0.25) is 4.98 Å². The number of ether oxygens (including phenoxy) is 1. The Labute approximate surface area is 252 Å². The van der Waals surface area contributed by atoms with Gasteiger partial charge in [0.1, 0.15) is 0 Å². The van der Waals surface area contributed by atoms with E-state index in [1.807, 2.05) is 19.2 Å². The molecule has 2 heterocycles. The van der Waals surface area contributed by atoms with Crippen LogP contribution in [0.3, 0.4) is 0 Å². The normalized spacial score (nSPS) is 14.2. The number of nitrogens with one attached hydrogen (secondary N) is 1. The number of H-pyrrole nitrogens is 1. The third kappa shape index (κ3) is 5.37. The minimum atomic E-state index is -2.89. The minimum Gasteiger partial charge on any atom is -0.400 e. The molecule has 2 atom stereocenters. The fourth-order valence-electron chi connectivity index (χ4n) is 6.25. The molecule has 0 fully saturated rings. The van der Waals surface area contributed by atoms with Crippen molar-refractivity contribution in [2.45, 2.75) is 65.7 Å². The first kappa shape index (κ1) is 30.0. The lowest BCUT2D eigenvalue weighted by atomic mass is 9.82. The van der Waals surface area contributed by atoms with Crippen molar-refractivity contribution in [3.8, 4) is 11.3 Å². The largest absolute Gasteiger partial charge is 0.400 e. The second-order valence-electron chi connectivity index (χ2n) is 13.3. The summed E-state index contributed by atoms with van der Waals surface area (Å²) in [5.74, 6) is 0. The van der Waals surface area contributed by atoms with Gasteiger partial charge in [0.05, 0.1) is 23.6 Å². The monoisotopic (exact) mass is 576 g/mol. The molecule has 1 N–H and O–H groups in total. The van der Waals surface area contributed by atoms with Crippen LogP contribution >= 0.6 is 0 Å². The molecule has 0 spiro atoms. The van der Waals surface area contributed by atoms with Crippen LogP contribution < -0.4 is 10.4 Å². The van der Waals surface area contributed by atoms with Gasteiger partial charge in [-0.1, -0.05) is 120 Å². The SMILES string of the molecule is CO[C@@H](C)c1ncccc1-c1[nH]c2ccccc2c1C(O[Si](c1ccccc1)(c1ccccc1)C(C)(C)C)C(C)(C)C. The molecule has 1 unspecified atom stereocenters. The fourth-order valence-corrected chi connectivity index (χ4v) is 11.1. The molecule has 0 bridgehead atoms. The first-order valence-electron chi connectivity index (χ1n) is 14.9. The number of hydrogen-bond acceptors (Lipinski definition) is 3.